The maximum absolute atomic E-state index is 13.5. The van der Waals surface area contributed by atoms with Crippen molar-refractivity contribution in [2.75, 3.05) is 5.32 Å². The van der Waals surface area contributed by atoms with E-state index in [4.69, 9.17) is 4.42 Å². The monoisotopic (exact) mass is 362 g/mol. The van der Waals surface area contributed by atoms with Gasteiger partial charge in [-0.15, -0.1) is 0 Å². The molecule has 3 aromatic rings. The van der Waals surface area contributed by atoms with Crippen molar-refractivity contribution in [1.29, 1.82) is 0 Å². The van der Waals surface area contributed by atoms with Crippen molar-refractivity contribution < 1.29 is 18.4 Å². The van der Waals surface area contributed by atoms with Crippen molar-refractivity contribution in [3.05, 3.63) is 95.8 Å². The molecule has 0 atom stereocenters. The molecule has 2 aromatic carbocycles. The SMILES string of the molecule is O=C1C(Nc2cccc(F)c2)=C(c2ccccc2)C(=O)N1Cc1ccco1. The Kier molecular flexibility index (Phi) is 4.30. The second-order valence-electron chi connectivity index (χ2n) is 6.03. The van der Waals surface area contributed by atoms with Gasteiger partial charge in [0, 0.05) is 5.69 Å². The molecular formula is C21H15FN2O3. The lowest BCUT2D eigenvalue weighted by molar-refractivity contribution is -0.137. The number of nitrogens with zero attached hydrogens (tertiary/aromatic N) is 1. The van der Waals surface area contributed by atoms with Crippen LogP contribution in [0.5, 0.6) is 0 Å². The predicted molar refractivity (Wildman–Crippen MR) is 97.6 cm³/mol. The molecule has 0 spiro atoms. The molecule has 27 heavy (non-hydrogen) atoms. The third-order valence-corrected chi connectivity index (χ3v) is 4.22. The number of rotatable bonds is 5. The molecule has 0 unspecified atom stereocenters. The van der Waals surface area contributed by atoms with Crippen LogP contribution >= 0.6 is 0 Å². The first-order chi connectivity index (χ1) is 13.1. The molecule has 0 aliphatic carbocycles. The van der Waals surface area contributed by atoms with Crippen LogP contribution in [-0.2, 0) is 16.1 Å². The molecule has 1 aliphatic heterocycles. The van der Waals surface area contributed by atoms with Gasteiger partial charge in [-0.1, -0.05) is 36.4 Å². The maximum atomic E-state index is 13.5. The van der Waals surface area contributed by atoms with Crippen molar-refractivity contribution >= 4 is 23.1 Å². The third kappa shape index (κ3) is 3.25. The lowest BCUT2D eigenvalue weighted by Crippen LogP contribution is -2.31. The Morgan fingerprint density at radius 2 is 1.74 bits per heavy atom. The topological polar surface area (TPSA) is 62.6 Å². The summed E-state index contributed by atoms with van der Waals surface area (Å²) in [6.07, 6.45) is 1.48. The molecule has 1 N–H and O–H groups in total. The highest BCUT2D eigenvalue weighted by Gasteiger charge is 2.39. The minimum Gasteiger partial charge on any atom is -0.467 e. The summed E-state index contributed by atoms with van der Waals surface area (Å²) in [7, 11) is 0. The smallest absolute Gasteiger partial charge is 0.278 e. The largest absolute Gasteiger partial charge is 0.467 e. The molecule has 0 saturated heterocycles. The first-order valence-electron chi connectivity index (χ1n) is 8.34. The van der Waals surface area contributed by atoms with Crippen LogP contribution in [0.1, 0.15) is 11.3 Å². The first-order valence-corrected chi connectivity index (χ1v) is 8.34. The van der Waals surface area contributed by atoms with Crippen molar-refractivity contribution in [1.82, 2.24) is 4.90 Å². The van der Waals surface area contributed by atoms with E-state index in [2.05, 4.69) is 5.32 Å². The summed E-state index contributed by atoms with van der Waals surface area (Å²) >= 11 is 0. The fraction of sp³-hybridized carbons (Fsp3) is 0.0476. The van der Waals surface area contributed by atoms with E-state index in [-0.39, 0.29) is 17.8 Å². The Hall–Kier alpha value is -3.67. The van der Waals surface area contributed by atoms with Crippen LogP contribution in [0, 0.1) is 5.82 Å². The number of amides is 2. The first kappa shape index (κ1) is 16.8. The number of furan rings is 1. The zero-order chi connectivity index (χ0) is 18.8. The zero-order valence-electron chi connectivity index (χ0n) is 14.2. The fourth-order valence-corrected chi connectivity index (χ4v) is 2.98. The van der Waals surface area contributed by atoms with Crippen LogP contribution in [0.25, 0.3) is 5.57 Å². The Labute approximate surface area is 154 Å². The minimum atomic E-state index is -0.487. The molecule has 4 rings (SSSR count). The standard InChI is InChI=1S/C21H15FN2O3/c22-15-8-4-9-16(12-15)23-19-18(14-6-2-1-3-7-14)20(25)24(21(19)26)13-17-10-5-11-27-17/h1-12,23H,13H2. The number of carbonyl (C=O) groups excluding carboxylic acids is 2. The maximum Gasteiger partial charge on any atom is 0.278 e. The molecule has 0 saturated carbocycles. The summed E-state index contributed by atoms with van der Waals surface area (Å²) in [5.41, 5.74) is 1.36. The summed E-state index contributed by atoms with van der Waals surface area (Å²) < 4.78 is 18.8. The molecule has 1 aliphatic rings. The van der Waals surface area contributed by atoms with Gasteiger partial charge in [0.05, 0.1) is 18.4 Å². The van der Waals surface area contributed by atoms with Crippen LogP contribution in [0.3, 0.4) is 0 Å². The van der Waals surface area contributed by atoms with Crippen LogP contribution in [0.4, 0.5) is 10.1 Å². The summed E-state index contributed by atoms with van der Waals surface area (Å²) in [5, 5.41) is 2.92. The van der Waals surface area contributed by atoms with Gasteiger partial charge in [-0.3, -0.25) is 14.5 Å². The van der Waals surface area contributed by atoms with Gasteiger partial charge in [-0.25, -0.2) is 4.39 Å². The average Bonchev–Trinajstić information content (AvgIpc) is 3.26. The fourth-order valence-electron chi connectivity index (χ4n) is 2.98. The summed E-state index contributed by atoms with van der Waals surface area (Å²) in [4.78, 5) is 27.1. The van der Waals surface area contributed by atoms with Crippen molar-refractivity contribution in [2.24, 2.45) is 0 Å². The van der Waals surface area contributed by atoms with E-state index >= 15 is 0 Å². The Balaban J connectivity index is 1.75. The molecule has 0 fully saturated rings. The molecule has 2 amide bonds. The van der Waals surface area contributed by atoms with Gasteiger partial charge >= 0.3 is 0 Å². The Morgan fingerprint density at radius 1 is 0.926 bits per heavy atom. The highest BCUT2D eigenvalue weighted by Crippen LogP contribution is 2.31. The Morgan fingerprint density at radius 3 is 2.44 bits per heavy atom. The van der Waals surface area contributed by atoms with Gasteiger partial charge in [-0.2, -0.15) is 0 Å². The molecule has 1 aromatic heterocycles. The van der Waals surface area contributed by atoms with Gasteiger partial charge in [0.15, 0.2) is 0 Å². The summed E-state index contributed by atoms with van der Waals surface area (Å²) in [6, 6.07) is 18.0. The molecule has 134 valence electrons. The number of halogens is 1. The third-order valence-electron chi connectivity index (χ3n) is 4.22. The lowest BCUT2D eigenvalue weighted by atomic mass is 10.0. The Bertz CT molecular complexity index is 1030. The van der Waals surface area contributed by atoms with Crippen LogP contribution in [0.15, 0.2) is 83.1 Å². The second-order valence-corrected chi connectivity index (χ2v) is 6.03. The average molecular weight is 362 g/mol. The number of imide groups is 1. The lowest BCUT2D eigenvalue weighted by Gasteiger charge is -2.13. The van der Waals surface area contributed by atoms with E-state index < -0.39 is 17.6 Å². The van der Waals surface area contributed by atoms with E-state index in [0.29, 0.717) is 17.0 Å². The molecule has 0 radical (unpaired) electrons. The normalized spacial score (nSPS) is 14.2. The highest BCUT2D eigenvalue weighted by atomic mass is 19.1. The van der Waals surface area contributed by atoms with Gasteiger partial charge in [0.2, 0.25) is 0 Å². The van der Waals surface area contributed by atoms with Gasteiger partial charge < -0.3 is 9.73 Å². The van der Waals surface area contributed by atoms with Crippen LogP contribution in [0.2, 0.25) is 0 Å². The van der Waals surface area contributed by atoms with Crippen molar-refractivity contribution in [2.45, 2.75) is 6.54 Å². The van der Waals surface area contributed by atoms with Crippen LogP contribution in [-0.4, -0.2) is 16.7 Å². The second kappa shape index (κ2) is 6.92. The van der Waals surface area contributed by atoms with Crippen LogP contribution < -0.4 is 5.32 Å². The molecule has 0 bridgehead atoms. The highest BCUT2D eigenvalue weighted by molar-refractivity contribution is 6.36. The number of carbonyl (C=O) groups is 2. The zero-order valence-corrected chi connectivity index (χ0v) is 14.2. The molecule has 2 heterocycles. The predicted octanol–water partition coefficient (Wildman–Crippen LogP) is 3.81. The van der Waals surface area contributed by atoms with E-state index in [9.17, 15) is 14.0 Å². The van der Waals surface area contributed by atoms with E-state index in [0.717, 1.165) is 4.90 Å². The van der Waals surface area contributed by atoms with Gasteiger partial charge in [-0.05, 0) is 35.9 Å². The van der Waals surface area contributed by atoms with E-state index in [1.54, 1.807) is 42.5 Å². The molecular weight excluding hydrogens is 347 g/mol. The summed E-state index contributed by atoms with van der Waals surface area (Å²) in [5.74, 6) is -0.858. The molecule has 5 nitrogen and oxygen atoms in total. The number of hydrogen-bond donors (Lipinski definition) is 1. The van der Waals surface area contributed by atoms with E-state index in [1.165, 1.54) is 24.5 Å². The van der Waals surface area contributed by atoms with Crippen molar-refractivity contribution in [3.63, 3.8) is 0 Å². The van der Waals surface area contributed by atoms with E-state index in [1.807, 2.05) is 6.07 Å². The number of anilines is 1. The van der Waals surface area contributed by atoms with Gasteiger partial charge in [0.25, 0.3) is 11.8 Å². The number of hydrogen-bond acceptors (Lipinski definition) is 4. The minimum absolute atomic E-state index is 0.0231. The van der Waals surface area contributed by atoms with Crippen molar-refractivity contribution in [3.8, 4) is 0 Å². The van der Waals surface area contributed by atoms with Gasteiger partial charge in [0.1, 0.15) is 17.3 Å². The molecule has 6 heteroatoms. The summed E-state index contributed by atoms with van der Waals surface area (Å²) in [6.45, 7) is 0.0231. The number of benzene rings is 2. The number of nitrogens with one attached hydrogen (secondary N) is 1. The quantitative estimate of drug-likeness (QED) is 0.701.